The molecule has 0 bridgehead atoms. The zero-order chi connectivity index (χ0) is 15.7. The Labute approximate surface area is 128 Å². The van der Waals surface area contributed by atoms with E-state index in [0.717, 1.165) is 24.0 Å². The smallest absolute Gasteiger partial charge is 0.240 e. The van der Waals surface area contributed by atoms with E-state index in [0.29, 0.717) is 23.9 Å². The van der Waals surface area contributed by atoms with Crippen molar-refractivity contribution >= 4 is 10.0 Å². The molecule has 2 N–H and O–H groups in total. The van der Waals surface area contributed by atoms with Crippen LogP contribution >= 0.6 is 0 Å². The van der Waals surface area contributed by atoms with Crippen molar-refractivity contribution in [2.45, 2.75) is 45.1 Å². The minimum Gasteiger partial charge on any atom is -0.316 e. The van der Waals surface area contributed by atoms with Gasteiger partial charge in [-0.2, -0.15) is 0 Å². The van der Waals surface area contributed by atoms with E-state index in [1.807, 2.05) is 26.1 Å². The first-order chi connectivity index (χ1) is 9.81. The summed E-state index contributed by atoms with van der Waals surface area (Å²) in [6.45, 7) is 7.38. The molecule has 4 nitrogen and oxygen atoms in total. The molecule has 0 heterocycles. The van der Waals surface area contributed by atoms with Crippen LogP contribution < -0.4 is 10.0 Å². The van der Waals surface area contributed by atoms with Gasteiger partial charge in [-0.3, -0.25) is 0 Å². The topological polar surface area (TPSA) is 58.2 Å². The molecule has 1 aromatic rings. The Morgan fingerprint density at radius 2 is 1.95 bits per heavy atom. The van der Waals surface area contributed by atoms with Crippen molar-refractivity contribution in [2.24, 2.45) is 11.3 Å². The summed E-state index contributed by atoms with van der Waals surface area (Å²) in [6.07, 6.45) is 2.23. The summed E-state index contributed by atoms with van der Waals surface area (Å²) in [5, 5.41) is 3.05. The number of sulfonamides is 1. The zero-order valence-corrected chi connectivity index (χ0v) is 14.2. The molecule has 0 amide bonds. The first kappa shape index (κ1) is 16.5. The summed E-state index contributed by atoms with van der Waals surface area (Å²) in [5.74, 6) is 0.511. The van der Waals surface area contributed by atoms with Crippen LogP contribution in [0.5, 0.6) is 0 Å². The van der Waals surface area contributed by atoms with Crippen LogP contribution in [-0.4, -0.2) is 22.0 Å². The highest BCUT2D eigenvalue weighted by atomic mass is 32.2. The van der Waals surface area contributed by atoms with Crippen molar-refractivity contribution in [1.29, 1.82) is 0 Å². The standard InChI is InChI=1S/C16H26N2O2S/c1-12(2)16(7-8-16)11-18-21(19,20)15-9-14(10-17-4)6-5-13(15)3/h5-6,9,12,17-18H,7-8,10-11H2,1-4H3. The molecular weight excluding hydrogens is 284 g/mol. The fourth-order valence-electron chi connectivity index (χ4n) is 2.68. The van der Waals surface area contributed by atoms with Crippen LogP contribution in [0.25, 0.3) is 0 Å². The van der Waals surface area contributed by atoms with Crippen molar-refractivity contribution in [1.82, 2.24) is 10.0 Å². The molecule has 21 heavy (non-hydrogen) atoms. The van der Waals surface area contributed by atoms with Crippen LogP contribution in [0.15, 0.2) is 23.1 Å². The summed E-state index contributed by atoms with van der Waals surface area (Å²) >= 11 is 0. The molecule has 118 valence electrons. The molecule has 1 fully saturated rings. The number of rotatable bonds is 7. The van der Waals surface area contributed by atoms with Gasteiger partial charge in [-0.15, -0.1) is 0 Å². The first-order valence-electron chi connectivity index (χ1n) is 7.54. The lowest BCUT2D eigenvalue weighted by atomic mass is 9.93. The third kappa shape index (κ3) is 3.65. The van der Waals surface area contributed by atoms with Crippen LogP contribution in [0.1, 0.15) is 37.8 Å². The molecule has 5 heteroatoms. The first-order valence-corrected chi connectivity index (χ1v) is 9.03. The Morgan fingerprint density at radius 3 is 2.48 bits per heavy atom. The summed E-state index contributed by atoms with van der Waals surface area (Å²) in [7, 11) is -1.58. The lowest BCUT2D eigenvalue weighted by Gasteiger charge is -2.20. The number of aryl methyl sites for hydroxylation is 1. The Kier molecular flexibility index (Phi) is 4.76. The summed E-state index contributed by atoms with van der Waals surface area (Å²) < 4.78 is 28.0. The molecule has 1 aliphatic rings. The van der Waals surface area contributed by atoms with Crippen LogP contribution in [0.4, 0.5) is 0 Å². The van der Waals surface area contributed by atoms with Crippen molar-refractivity contribution in [3.63, 3.8) is 0 Å². The van der Waals surface area contributed by atoms with E-state index in [1.165, 1.54) is 0 Å². The Morgan fingerprint density at radius 1 is 1.29 bits per heavy atom. The molecule has 1 aromatic carbocycles. The monoisotopic (exact) mass is 310 g/mol. The fourth-order valence-corrected chi connectivity index (χ4v) is 4.11. The van der Waals surface area contributed by atoms with E-state index in [-0.39, 0.29) is 5.41 Å². The molecule has 0 spiro atoms. The summed E-state index contributed by atoms with van der Waals surface area (Å²) in [6, 6.07) is 5.60. The van der Waals surface area contributed by atoms with Crippen molar-refractivity contribution in [3.8, 4) is 0 Å². The van der Waals surface area contributed by atoms with E-state index < -0.39 is 10.0 Å². The minimum atomic E-state index is -3.44. The maximum atomic E-state index is 12.6. The molecule has 0 radical (unpaired) electrons. The van der Waals surface area contributed by atoms with Gasteiger partial charge >= 0.3 is 0 Å². The number of benzene rings is 1. The highest BCUT2D eigenvalue weighted by molar-refractivity contribution is 7.89. The van der Waals surface area contributed by atoms with Crippen LogP contribution in [0.2, 0.25) is 0 Å². The van der Waals surface area contributed by atoms with Gasteiger partial charge in [-0.1, -0.05) is 26.0 Å². The maximum Gasteiger partial charge on any atom is 0.240 e. The zero-order valence-electron chi connectivity index (χ0n) is 13.4. The maximum absolute atomic E-state index is 12.6. The normalized spacial score (nSPS) is 17.2. The van der Waals surface area contributed by atoms with E-state index in [9.17, 15) is 8.42 Å². The van der Waals surface area contributed by atoms with Crippen molar-refractivity contribution in [2.75, 3.05) is 13.6 Å². The molecule has 1 saturated carbocycles. The Balaban J connectivity index is 2.17. The fraction of sp³-hybridized carbons (Fsp3) is 0.625. The number of hydrogen-bond donors (Lipinski definition) is 2. The molecule has 0 aliphatic heterocycles. The Bertz CT molecular complexity index is 605. The van der Waals surface area contributed by atoms with Gasteiger partial charge in [0, 0.05) is 13.1 Å². The van der Waals surface area contributed by atoms with Crippen molar-refractivity contribution in [3.05, 3.63) is 29.3 Å². The Hall–Kier alpha value is -0.910. The third-order valence-corrected chi connectivity index (χ3v) is 6.20. The second kappa shape index (κ2) is 6.07. The predicted octanol–water partition coefficient (Wildman–Crippen LogP) is 2.43. The van der Waals surface area contributed by atoms with E-state index in [1.54, 1.807) is 6.07 Å². The molecule has 0 saturated heterocycles. The lowest BCUT2D eigenvalue weighted by Crippen LogP contribution is -2.33. The van der Waals surface area contributed by atoms with Gasteiger partial charge in [0.25, 0.3) is 0 Å². The SMILES string of the molecule is CNCc1ccc(C)c(S(=O)(=O)NCC2(C(C)C)CC2)c1. The molecule has 2 rings (SSSR count). The highest BCUT2D eigenvalue weighted by Crippen LogP contribution is 2.51. The second-order valence-electron chi connectivity index (χ2n) is 6.47. The molecule has 1 aliphatic carbocycles. The summed E-state index contributed by atoms with van der Waals surface area (Å²) in [5.41, 5.74) is 1.94. The predicted molar refractivity (Wildman–Crippen MR) is 85.6 cm³/mol. The van der Waals surface area contributed by atoms with Crippen LogP contribution in [0, 0.1) is 18.3 Å². The van der Waals surface area contributed by atoms with Gasteiger partial charge < -0.3 is 5.32 Å². The lowest BCUT2D eigenvalue weighted by molar-refractivity contribution is 0.357. The van der Waals surface area contributed by atoms with Crippen LogP contribution in [0.3, 0.4) is 0 Å². The summed E-state index contributed by atoms with van der Waals surface area (Å²) in [4.78, 5) is 0.398. The average Bonchev–Trinajstić information content (AvgIpc) is 3.20. The molecule has 0 aromatic heterocycles. The van der Waals surface area contributed by atoms with Gasteiger partial charge in [-0.05, 0) is 55.3 Å². The van der Waals surface area contributed by atoms with E-state index in [4.69, 9.17) is 0 Å². The quantitative estimate of drug-likeness (QED) is 0.813. The minimum absolute atomic E-state index is 0.170. The molecule has 0 atom stereocenters. The second-order valence-corrected chi connectivity index (χ2v) is 8.21. The highest BCUT2D eigenvalue weighted by Gasteiger charge is 2.45. The third-order valence-electron chi connectivity index (χ3n) is 4.65. The van der Waals surface area contributed by atoms with Crippen molar-refractivity contribution < 1.29 is 8.42 Å². The number of hydrogen-bond acceptors (Lipinski definition) is 3. The van der Waals surface area contributed by atoms with E-state index >= 15 is 0 Å². The molecular formula is C16H26N2O2S. The van der Waals surface area contributed by atoms with Gasteiger partial charge in [0.1, 0.15) is 0 Å². The average molecular weight is 310 g/mol. The van der Waals surface area contributed by atoms with Gasteiger partial charge in [0.2, 0.25) is 10.0 Å². The van der Waals surface area contributed by atoms with Gasteiger partial charge in [0.15, 0.2) is 0 Å². The van der Waals surface area contributed by atoms with E-state index in [2.05, 4.69) is 23.9 Å². The van der Waals surface area contributed by atoms with Gasteiger partial charge in [-0.25, -0.2) is 13.1 Å². The van der Waals surface area contributed by atoms with Crippen LogP contribution in [-0.2, 0) is 16.6 Å². The molecule has 0 unspecified atom stereocenters. The largest absolute Gasteiger partial charge is 0.316 e. The number of nitrogens with one attached hydrogen (secondary N) is 2. The van der Waals surface area contributed by atoms with Gasteiger partial charge in [0.05, 0.1) is 4.90 Å².